The minimum absolute atomic E-state index is 0.0528. The number of hydrogen-bond acceptors (Lipinski definition) is 5. The molecular formula is C27H26F3N2O5P. The van der Waals surface area contributed by atoms with Crippen LogP contribution in [0.5, 0.6) is 0 Å². The quantitative estimate of drug-likeness (QED) is 0.218. The standard InChI is InChI=1S/C27H26F3N2O5P/c1-3-36-38(35,37-4-2)24(19-12-7-5-8-13-19)23(32-25(33)20-14-9-6-10-15-20)26(34)31-22-17-11-16-21(18-22)27(28,29)30/h5-18H,3-4H2,1-2H3,(H,31,34)(H,32,33)/b24-23-. The van der Waals surface area contributed by atoms with Crippen molar-refractivity contribution < 1.29 is 36.4 Å². The average molecular weight is 546 g/mol. The Morgan fingerprint density at radius 2 is 1.37 bits per heavy atom. The Morgan fingerprint density at radius 1 is 0.816 bits per heavy atom. The van der Waals surface area contributed by atoms with E-state index in [0.717, 1.165) is 18.2 Å². The summed E-state index contributed by atoms with van der Waals surface area (Å²) in [6, 6.07) is 20.0. The number of halogens is 3. The fourth-order valence-corrected chi connectivity index (χ4v) is 5.42. The molecule has 0 aliphatic rings. The van der Waals surface area contributed by atoms with Crippen LogP contribution in [0, 0.1) is 0 Å². The Kier molecular flexibility index (Phi) is 9.63. The molecule has 0 saturated carbocycles. The van der Waals surface area contributed by atoms with Gasteiger partial charge >= 0.3 is 13.8 Å². The van der Waals surface area contributed by atoms with E-state index in [1.807, 2.05) is 0 Å². The number of hydrogen-bond donors (Lipinski definition) is 2. The van der Waals surface area contributed by atoms with Crippen molar-refractivity contribution in [2.24, 2.45) is 0 Å². The maximum Gasteiger partial charge on any atom is 0.416 e. The van der Waals surface area contributed by atoms with Crippen LogP contribution in [-0.4, -0.2) is 25.0 Å². The lowest BCUT2D eigenvalue weighted by Crippen LogP contribution is -2.32. The SMILES string of the molecule is CCOP(=O)(OCC)/C(=C(\NC(=O)c1ccccc1)C(=O)Nc1cccc(C(F)(F)F)c1)c1ccccc1. The first-order chi connectivity index (χ1) is 18.1. The van der Waals surface area contributed by atoms with Crippen molar-refractivity contribution in [2.75, 3.05) is 18.5 Å². The number of anilines is 1. The van der Waals surface area contributed by atoms with Crippen LogP contribution in [0.3, 0.4) is 0 Å². The second-order valence-electron chi connectivity index (χ2n) is 7.78. The van der Waals surface area contributed by atoms with Crippen molar-refractivity contribution in [3.8, 4) is 0 Å². The Hall–Kier alpha value is -3.72. The molecule has 0 aliphatic carbocycles. The summed E-state index contributed by atoms with van der Waals surface area (Å²) in [4.78, 5) is 26.7. The molecule has 0 spiro atoms. The predicted molar refractivity (Wildman–Crippen MR) is 138 cm³/mol. The summed E-state index contributed by atoms with van der Waals surface area (Å²) in [6.07, 6.45) is -4.64. The van der Waals surface area contributed by atoms with Gasteiger partial charge in [0.1, 0.15) is 11.0 Å². The van der Waals surface area contributed by atoms with Gasteiger partial charge in [-0.3, -0.25) is 14.2 Å². The van der Waals surface area contributed by atoms with Gasteiger partial charge in [0.25, 0.3) is 11.8 Å². The average Bonchev–Trinajstić information content (AvgIpc) is 2.89. The molecule has 3 aromatic carbocycles. The normalized spacial score (nSPS) is 12.4. The molecule has 38 heavy (non-hydrogen) atoms. The molecule has 0 unspecified atom stereocenters. The van der Waals surface area contributed by atoms with Crippen LogP contribution in [0.1, 0.15) is 35.3 Å². The van der Waals surface area contributed by atoms with Crippen molar-refractivity contribution in [2.45, 2.75) is 20.0 Å². The third-order valence-electron chi connectivity index (χ3n) is 5.11. The van der Waals surface area contributed by atoms with Crippen LogP contribution in [-0.2, 0) is 24.6 Å². The summed E-state index contributed by atoms with van der Waals surface area (Å²) in [5.74, 6) is -1.74. The minimum Gasteiger partial charge on any atom is -0.321 e. The number of benzene rings is 3. The number of carbonyl (C=O) groups excluding carboxylic acids is 2. The lowest BCUT2D eigenvalue weighted by atomic mass is 10.1. The van der Waals surface area contributed by atoms with E-state index in [2.05, 4.69) is 10.6 Å². The summed E-state index contributed by atoms with van der Waals surface area (Å²) in [5.41, 5.74) is -1.22. The molecule has 0 atom stereocenters. The van der Waals surface area contributed by atoms with E-state index in [0.29, 0.717) is 0 Å². The van der Waals surface area contributed by atoms with Crippen molar-refractivity contribution in [3.05, 3.63) is 107 Å². The van der Waals surface area contributed by atoms with Gasteiger partial charge in [-0.25, -0.2) is 0 Å². The summed E-state index contributed by atoms with van der Waals surface area (Å²) in [7, 11) is -4.23. The summed E-state index contributed by atoms with van der Waals surface area (Å²) in [5, 5.41) is 4.63. The molecule has 2 N–H and O–H groups in total. The van der Waals surface area contributed by atoms with Crippen LogP contribution in [0.2, 0.25) is 0 Å². The van der Waals surface area contributed by atoms with E-state index in [-0.39, 0.29) is 35.3 Å². The zero-order valence-electron chi connectivity index (χ0n) is 20.6. The van der Waals surface area contributed by atoms with Gasteiger partial charge in [0.15, 0.2) is 0 Å². The zero-order valence-corrected chi connectivity index (χ0v) is 21.5. The molecule has 0 fully saturated rings. The lowest BCUT2D eigenvalue weighted by molar-refractivity contribution is -0.137. The Bertz CT molecular complexity index is 1340. The highest BCUT2D eigenvalue weighted by Gasteiger charge is 2.37. The smallest absolute Gasteiger partial charge is 0.321 e. The maximum absolute atomic E-state index is 14.0. The molecule has 11 heteroatoms. The number of carbonyl (C=O) groups is 2. The summed E-state index contributed by atoms with van der Waals surface area (Å²) >= 11 is 0. The van der Waals surface area contributed by atoms with Gasteiger partial charge in [-0.1, -0.05) is 54.6 Å². The van der Waals surface area contributed by atoms with Crippen molar-refractivity contribution in [1.82, 2.24) is 5.32 Å². The van der Waals surface area contributed by atoms with E-state index >= 15 is 0 Å². The predicted octanol–water partition coefficient (Wildman–Crippen LogP) is 6.71. The van der Waals surface area contributed by atoms with Gasteiger partial charge in [-0.2, -0.15) is 13.2 Å². The van der Waals surface area contributed by atoms with Crippen molar-refractivity contribution >= 4 is 30.4 Å². The maximum atomic E-state index is 14.0. The molecular weight excluding hydrogens is 520 g/mol. The molecule has 2 amide bonds. The van der Waals surface area contributed by atoms with Gasteiger partial charge in [-0.05, 0) is 49.7 Å². The molecule has 7 nitrogen and oxygen atoms in total. The molecule has 3 aromatic rings. The minimum atomic E-state index is -4.64. The third-order valence-corrected chi connectivity index (χ3v) is 7.33. The fourth-order valence-electron chi connectivity index (χ4n) is 3.51. The van der Waals surface area contributed by atoms with Crippen molar-refractivity contribution in [1.29, 1.82) is 0 Å². The molecule has 3 rings (SSSR count). The van der Waals surface area contributed by atoms with Gasteiger partial charge in [0.05, 0.1) is 18.8 Å². The van der Waals surface area contributed by atoms with E-state index < -0.39 is 36.8 Å². The Morgan fingerprint density at radius 3 is 1.89 bits per heavy atom. The molecule has 0 radical (unpaired) electrons. The number of alkyl halides is 3. The molecule has 200 valence electrons. The second kappa shape index (κ2) is 12.7. The van der Waals surface area contributed by atoms with Crippen LogP contribution in [0.25, 0.3) is 5.31 Å². The number of amides is 2. The van der Waals surface area contributed by atoms with Crippen molar-refractivity contribution in [3.63, 3.8) is 0 Å². The first-order valence-electron chi connectivity index (χ1n) is 11.6. The highest BCUT2D eigenvalue weighted by molar-refractivity contribution is 7.65. The van der Waals surface area contributed by atoms with Gasteiger partial charge in [0.2, 0.25) is 0 Å². The highest BCUT2D eigenvalue weighted by Crippen LogP contribution is 2.61. The van der Waals surface area contributed by atoms with Gasteiger partial charge in [0, 0.05) is 11.3 Å². The number of rotatable bonds is 10. The van der Waals surface area contributed by atoms with E-state index in [4.69, 9.17) is 9.05 Å². The van der Waals surface area contributed by atoms with E-state index in [1.165, 1.54) is 18.2 Å². The Labute approximate surface area is 218 Å². The fraction of sp³-hybridized carbons (Fsp3) is 0.185. The lowest BCUT2D eigenvalue weighted by Gasteiger charge is -2.24. The topological polar surface area (TPSA) is 93.7 Å². The van der Waals surface area contributed by atoms with E-state index in [9.17, 15) is 27.3 Å². The first kappa shape index (κ1) is 28.8. The molecule has 0 aromatic heterocycles. The largest absolute Gasteiger partial charge is 0.416 e. The first-order valence-corrected chi connectivity index (χ1v) is 13.2. The number of nitrogens with one attached hydrogen (secondary N) is 2. The monoisotopic (exact) mass is 546 g/mol. The van der Waals surface area contributed by atoms with E-state index in [1.54, 1.807) is 62.4 Å². The second-order valence-corrected chi connectivity index (χ2v) is 9.73. The molecule has 0 aliphatic heterocycles. The van der Waals surface area contributed by atoms with Crippen LogP contribution < -0.4 is 10.6 Å². The molecule has 0 heterocycles. The zero-order chi connectivity index (χ0) is 27.8. The summed E-state index contributed by atoms with van der Waals surface area (Å²) in [6.45, 7) is 3.06. The summed E-state index contributed by atoms with van der Waals surface area (Å²) < 4.78 is 64.8. The third kappa shape index (κ3) is 7.19. The van der Waals surface area contributed by atoms with Crippen LogP contribution >= 0.6 is 7.60 Å². The molecule has 0 bridgehead atoms. The highest BCUT2D eigenvalue weighted by atomic mass is 31.2. The van der Waals surface area contributed by atoms with Gasteiger partial charge in [-0.15, -0.1) is 0 Å². The van der Waals surface area contributed by atoms with Crippen LogP contribution in [0.4, 0.5) is 18.9 Å². The molecule has 0 saturated heterocycles. The van der Waals surface area contributed by atoms with Crippen LogP contribution in [0.15, 0.2) is 90.6 Å². The Balaban J connectivity index is 2.21. The van der Waals surface area contributed by atoms with Gasteiger partial charge < -0.3 is 19.7 Å².